The number of carbonyl (C=O) groups is 2. The molecule has 1 unspecified atom stereocenters. The first-order chi connectivity index (χ1) is 15.4. The van der Waals surface area contributed by atoms with Gasteiger partial charge in [0, 0.05) is 31.9 Å². The average molecular weight is 440 g/mol. The summed E-state index contributed by atoms with van der Waals surface area (Å²) in [7, 11) is 0. The van der Waals surface area contributed by atoms with Gasteiger partial charge < -0.3 is 14.8 Å². The van der Waals surface area contributed by atoms with E-state index in [1.807, 2.05) is 36.7 Å². The molecular weight excluding hydrogens is 406 g/mol. The fraction of sp³-hybridized carbons (Fsp3) is 0.560. The Kier molecular flexibility index (Phi) is 6.65. The first-order valence-electron chi connectivity index (χ1n) is 11.6. The Morgan fingerprint density at radius 3 is 2.84 bits per heavy atom. The van der Waals surface area contributed by atoms with Crippen molar-refractivity contribution in [2.45, 2.75) is 53.0 Å². The zero-order chi connectivity index (χ0) is 22.7. The Morgan fingerprint density at radius 2 is 2.12 bits per heavy atom. The van der Waals surface area contributed by atoms with E-state index in [4.69, 9.17) is 14.6 Å². The maximum absolute atomic E-state index is 12.9. The Bertz CT molecular complexity index is 991. The van der Waals surface area contributed by atoms with Gasteiger partial charge in [-0.1, -0.05) is 24.6 Å². The molecule has 1 fully saturated rings. The van der Waals surface area contributed by atoms with Gasteiger partial charge in [-0.05, 0) is 63.0 Å². The zero-order valence-electron chi connectivity index (χ0n) is 19.3. The molecule has 2 aromatic rings. The Hall–Kier alpha value is -2.67. The van der Waals surface area contributed by atoms with Gasteiger partial charge in [0.2, 0.25) is 0 Å². The second kappa shape index (κ2) is 9.45. The summed E-state index contributed by atoms with van der Waals surface area (Å²) in [4.78, 5) is 25.4. The fourth-order valence-corrected chi connectivity index (χ4v) is 4.79. The molecule has 1 spiro atoms. The fourth-order valence-electron chi connectivity index (χ4n) is 4.79. The minimum atomic E-state index is -0.306. The third kappa shape index (κ3) is 4.72. The second-order valence-corrected chi connectivity index (χ2v) is 9.34. The van der Waals surface area contributed by atoms with Crippen LogP contribution in [0.3, 0.4) is 0 Å². The van der Waals surface area contributed by atoms with Crippen LogP contribution in [0.2, 0.25) is 0 Å². The predicted molar refractivity (Wildman–Crippen MR) is 121 cm³/mol. The lowest BCUT2D eigenvalue weighted by Crippen LogP contribution is -2.40. The van der Waals surface area contributed by atoms with E-state index in [1.165, 1.54) is 0 Å². The number of nitrogens with one attached hydrogen (secondary N) is 1. The van der Waals surface area contributed by atoms with E-state index in [2.05, 4.69) is 12.2 Å². The van der Waals surface area contributed by atoms with Gasteiger partial charge in [-0.3, -0.25) is 9.48 Å². The molecule has 1 aromatic carbocycles. The van der Waals surface area contributed by atoms with Crippen molar-refractivity contribution in [3.63, 3.8) is 0 Å². The highest BCUT2D eigenvalue weighted by Gasteiger charge is 2.39. The predicted octanol–water partition coefficient (Wildman–Crippen LogP) is 3.33. The molecule has 7 heteroatoms. The van der Waals surface area contributed by atoms with E-state index in [0.717, 1.165) is 49.3 Å². The van der Waals surface area contributed by atoms with Crippen molar-refractivity contribution in [3.05, 3.63) is 52.3 Å². The minimum absolute atomic E-state index is 0.0242. The molecule has 0 aliphatic carbocycles. The number of amides is 1. The van der Waals surface area contributed by atoms with Crippen molar-refractivity contribution in [3.8, 4) is 0 Å². The highest BCUT2D eigenvalue weighted by atomic mass is 16.5. The van der Waals surface area contributed by atoms with E-state index < -0.39 is 0 Å². The quantitative estimate of drug-likeness (QED) is 0.698. The molecule has 32 heavy (non-hydrogen) atoms. The summed E-state index contributed by atoms with van der Waals surface area (Å²) in [6.45, 7) is 9.11. The van der Waals surface area contributed by atoms with E-state index in [0.29, 0.717) is 37.4 Å². The topological polar surface area (TPSA) is 82.5 Å². The van der Waals surface area contributed by atoms with Gasteiger partial charge in [0.15, 0.2) is 0 Å². The molecule has 1 N–H and O–H groups in total. The molecule has 0 radical (unpaired) electrons. The van der Waals surface area contributed by atoms with Crippen LogP contribution in [0.4, 0.5) is 0 Å². The molecule has 0 bridgehead atoms. The van der Waals surface area contributed by atoms with Crippen molar-refractivity contribution < 1.29 is 19.1 Å². The number of nitrogens with zero attached hydrogens (tertiary/aromatic N) is 2. The minimum Gasteiger partial charge on any atom is -0.462 e. The van der Waals surface area contributed by atoms with E-state index in [-0.39, 0.29) is 23.2 Å². The van der Waals surface area contributed by atoms with Crippen molar-refractivity contribution in [2.75, 3.05) is 26.4 Å². The SMILES string of the molecule is CCn1nc(CC(C)COC(=O)c2cccc(C)c2)c2c1C(=O)NCC1(CCOCC1)C2. The molecule has 172 valence electrons. The molecule has 4 rings (SSSR count). The zero-order valence-corrected chi connectivity index (χ0v) is 19.3. The molecule has 0 saturated carbocycles. The van der Waals surface area contributed by atoms with Crippen molar-refractivity contribution in [1.29, 1.82) is 0 Å². The molecule has 1 amide bonds. The van der Waals surface area contributed by atoms with Gasteiger partial charge >= 0.3 is 5.97 Å². The number of hydrogen-bond acceptors (Lipinski definition) is 5. The summed E-state index contributed by atoms with van der Waals surface area (Å²) in [6, 6.07) is 7.42. The van der Waals surface area contributed by atoms with Crippen LogP contribution < -0.4 is 5.32 Å². The number of rotatable bonds is 6. The van der Waals surface area contributed by atoms with Gasteiger partial charge in [0.05, 0.1) is 17.9 Å². The average Bonchev–Trinajstić information content (AvgIpc) is 3.06. The van der Waals surface area contributed by atoms with Crippen LogP contribution in [0.15, 0.2) is 24.3 Å². The third-order valence-corrected chi connectivity index (χ3v) is 6.67. The van der Waals surface area contributed by atoms with Crippen LogP contribution in [-0.2, 0) is 28.9 Å². The number of aromatic nitrogens is 2. The number of hydrogen-bond donors (Lipinski definition) is 1. The van der Waals surface area contributed by atoms with Crippen molar-refractivity contribution >= 4 is 11.9 Å². The van der Waals surface area contributed by atoms with Gasteiger partial charge in [-0.25, -0.2) is 4.79 Å². The molecule has 2 aliphatic rings. The van der Waals surface area contributed by atoms with E-state index >= 15 is 0 Å². The number of carbonyl (C=O) groups excluding carboxylic acids is 2. The summed E-state index contributed by atoms with van der Waals surface area (Å²) in [6.07, 6.45) is 3.37. The molecule has 1 aromatic heterocycles. The first-order valence-corrected chi connectivity index (χ1v) is 11.6. The van der Waals surface area contributed by atoms with E-state index in [1.54, 1.807) is 6.07 Å². The largest absolute Gasteiger partial charge is 0.462 e. The lowest BCUT2D eigenvalue weighted by atomic mass is 9.75. The third-order valence-electron chi connectivity index (χ3n) is 6.67. The van der Waals surface area contributed by atoms with Gasteiger partial charge in [-0.15, -0.1) is 0 Å². The maximum Gasteiger partial charge on any atom is 0.338 e. The lowest BCUT2D eigenvalue weighted by molar-refractivity contribution is 0.0160. The number of benzene rings is 1. The second-order valence-electron chi connectivity index (χ2n) is 9.34. The van der Waals surface area contributed by atoms with Crippen LogP contribution in [0.5, 0.6) is 0 Å². The van der Waals surface area contributed by atoms with Crippen molar-refractivity contribution in [2.24, 2.45) is 11.3 Å². The summed E-state index contributed by atoms with van der Waals surface area (Å²) in [5.74, 6) is -0.258. The van der Waals surface area contributed by atoms with Gasteiger partial charge in [0.1, 0.15) is 5.69 Å². The highest BCUT2D eigenvalue weighted by molar-refractivity contribution is 5.94. The van der Waals surface area contributed by atoms with E-state index in [9.17, 15) is 9.59 Å². The molecular formula is C25H33N3O4. The maximum atomic E-state index is 12.9. The highest BCUT2D eigenvalue weighted by Crippen LogP contribution is 2.38. The first kappa shape index (κ1) is 22.5. The van der Waals surface area contributed by atoms with Crippen LogP contribution in [-0.4, -0.2) is 48.0 Å². The van der Waals surface area contributed by atoms with Gasteiger partial charge in [0.25, 0.3) is 5.91 Å². The smallest absolute Gasteiger partial charge is 0.338 e. The molecule has 1 atom stereocenters. The Labute approximate surface area is 189 Å². The molecule has 7 nitrogen and oxygen atoms in total. The normalized spacial score (nSPS) is 18.5. The number of ether oxygens (including phenoxy) is 2. The summed E-state index contributed by atoms with van der Waals surface area (Å²) in [5.41, 5.74) is 4.32. The standard InChI is InChI=1S/C25H33N3O4/c1-4-28-22-20(14-25(16-26-23(22)29)8-10-31-11-9-25)21(27-28)13-18(3)15-32-24(30)19-7-5-6-17(2)12-19/h5-7,12,18H,4,8-11,13-16H2,1-3H3,(H,26,29). The van der Waals surface area contributed by atoms with Crippen LogP contribution in [0.1, 0.15) is 64.4 Å². The lowest BCUT2D eigenvalue weighted by Gasteiger charge is -2.36. The summed E-state index contributed by atoms with van der Waals surface area (Å²) < 4.78 is 13.0. The van der Waals surface area contributed by atoms with Gasteiger partial charge in [-0.2, -0.15) is 5.10 Å². The van der Waals surface area contributed by atoms with Crippen molar-refractivity contribution in [1.82, 2.24) is 15.1 Å². The number of fused-ring (bicyclic) bond motifs is 1. The molecule has 3 heterocycles. The summed E-state index contributed by atoms with van der Waals surface area (Å²) in [5, 5.41) is 7.94. The molecule has 1 saturated heterocycles. The molecule has 2 aliphatic heterocycles. The number of esters is 1. The number of aryl methyl sites for hydroxylation is 2. The van der Waals surface area contributed by atoms with Crippen LogP contribution >= 0.6 is 0 Å². The van der Waals surface area contributed by atoms with Crippen LogP contribution in [0, 0.1) is 18.3 Å². The Balaban J connectivity index is 1.50. The monoisotopic (exact) mass is 439 g/mol. The Morgan fingerprint density at radius 1 is 1.34 bits per heavy atom. The van der Waals surface area contributed by atoms with Crippen LogP contribution in [0.25, 0.3) is 0 Å². The summed E-state index contributed by atoms with van der Waals surface area (Å²) >= 11 is 0.